The van der Waals surface area contributed by atoms with Gasteiger partial charge in [-0.05, 0) is 31.7 Å². The molecule has 1 aliphatic heterocycles. The molecular weight excluding hydrogens is 166 g/mol. The van der Waals surface area contributed by atoms with Crippen molar-refractivity contribution < 1.29 is 4.42 Å². The third kappa shape index (κ3) is 0.839. The zero-order valence-electron chi connectivity index (χ0n) is 7.71. The fourth-order valence-corrected chi connectivity index (χ4v) is 2.56. The second-order valence-corrected chi connectivity index (χ2v) is 4.05. The zero-order valence-corrected chi connectivity index (χ0v) is 7.71. The molecule has 4 nitrogen and oxygen atoms in total. The molecule has 0 radical (unpaired) electrons. The maximum absolute atomic E-state index is 5.51. The Bertz CT molecular complexity index is 335. The molecule has 0 aromatic carbocycles. The topological polar surface area (TPSA) is 51.0 Å². The first-order valence-electron chi connectivity index (χ1n) is 4.87. The highest BCUT2D eigenvalue weighted by Crippen LogP contribution is 2.50. The highest BCUT2D eigenvalue weighted by Gasteiger charge is 2.54. The molecular formula is C9H13N3O. The van der Waals surface area contributed by atoms with Crippen LogP contribution in [0.5, 0.6) is 0 Å². The summed E-state index contributed by atoms with van der Waals surface area (Å²) in [6, 6.07) is 0. The first kappa shape index (κ1) is 7.50. The largest absolute Gasteiger partial charge is 0.424 e. The van der Waals surface area contributed by atoms with Gasteiger partial charge in [0.05, 0.1) is 0 Å². The highest BCUT2D eigenvalue weighted by atomic mass is 16.4. The van der Waals surface area contributed by atoms with E-state index in [9.17, 15) is 0 Å². The summed E-state index contributed by atoms with van der Waals surface area (Å²) >= 11 is 0. The Labute approximate surface area is 76.7 Å². The average Bonchev–Trinajstić information content (AvgIpc) is 2.59. The Balaban J connectivity index is 1.99. The van der Waals surface area contributed by atoms with E-state index in [-0.39, 0.29) is 5.54 Å². The smallest absolute Gasteiger partial charge is 0.236 e. The molecule has 2 aliphatic rings. The summed E-state index contributed by atoms with van der Waals surface area (Å²) in [5.41, 5.74) is 0.0568. The number of hydrogen-bond donors (Lipinski definition) is 1. The first-order valence-corrected chi connectivity index (χ1v) is 4.87. The molecule has 1 N–H and O–H groups in total. The van der Waals surface area contributed by atoms with E-state index >= 15 is 0 Å². The molecule has 1 saturated carbocycles. The lowest BCUT2D eigenvalue weighted by Crippen LogP contribution is -2.49. The lowest BCUT2D eigenvalue weighted by atomic mass is 9.68. The lowest BCUT2D eigenvalue weighted by molar-refractivity contribution is 0.0992. The minimum atomic E-state index is 0.0568. The van der Waals surface area contributed by atoms with E-state index in [2.05, 4.69) is 15.5 Å². The summed E-state index contributed by atoms with van der Waals surface area (Å²) in [6.07, 6.45) is 3.70. The van der Waals surface area contributed by atoms with E-state index in [1.54, 1.807) is 0 Å². The van der Waals surface area contributed by atoms with Crippen molar-refractivity contribution in [2.75, 3.05) is 6.54 Å². The van der Waals surface area contributed by atoms with Crippen LogP contribution in [0.15, 0.2) is 4.42 Å². The predicted molar refractivity (Wildman–Crippen MR) is 46.1 cm³/mol. The maximum Gasteiger partial charge on any atom is 0.236 e. The molecule has 0 amide bonds. The Morgan fingerprint density at radius 1 is 1.46 bits per heavy atom. The molecule has 3 rings (SSSR count). The Morgan fingerprint density at radius 3 is 2.92 bits per heavy atom. The van der Waals surface area contributed by atoms with Gasteiger partial charge in [0.15, 0.2) is 0 Å². The molecule has 70 valence electrons. The van der Waals surface area contributed by atoms with Crippen molar-refractivity contribution in [3.8, 4) is 0 Å². The Kier molecular flexibility index (Phi) is 1.34. The third-order valence-electron chi connectivity index (χ3n) is 3.42. The number of aromatic nitrogens is 2. The molecule has 1 aromatic rings. The van der Waals surface area contributed by atoms with E-state index in [0.717, 1.165) is 24.8 Å². The van der Waals surface area contributed by atoms with Gasteiger partial charge in [-0.25, -0.2) is 0 Å². The Morgan fingerprint density at radius 2 is 2.38 bits per heavy atom. The summed E-state index contributed by atoms with van der Waals surface area (Å²) in [4.78, 5) is 0. The van der Waals surface area contributed by atoms with Crippen LogP contribution < -0.4 is 5.32 Å². The van der Waals surface area contributed by atoms with Crippen molar-refractivity contribution in [2.24, 2.45) is 5.92 Å². The number of aryl methyl sites for hydroxylation is 1. The van der Waals surface area contributed by atoms with Crippen LogP contribution in [-0.4, -0.2) is 16.7 Å². The van der Waals surface area contributed by atoms with E-state index in [4.69, 9.17) is 4.42 Å². The Hall–Kier alpha value is -0.900. The van der Waals surface area contributed by atoms with Gasteiger partial charge in [0, 0.05) is 6.92 Å². The van der Waals surface area contributed by atoms with E-state index in [1.807, 2.05) is 6.92 Å². The molecule has 1 aromatic heterocycles. The van der Waals surface area contributed by atoms with Gasteiger partial charge in [-0.3, -0.25) is 0 Å². The lowest BCUT2D eigenvalue weighted by Gasteiger charge is -2.41. The van der Waals surface area contributed by atoms with Gasteiger partial charge in [0.1, 0.15) is 5.54 Å². The first-order chi connectivity index (χ1) is 6.31. The van der Waals surface area contributed by atoms with Crippen LogP contribution in [0.25, 0.3) is 0 Å². The molecule has 2 atom stereocenters. The molecule has 0 bridgehead atoms. The maximum atomic E-state index is 5.51. The number of nitrogens with one attached hydrogen (secondary N) is 1. The van der Waals surface area contributed by atoms with Gasteiger partial charge in [0.25, 0.3) is 0 Å². The standard InChI is InChI=1S/C9H13N3O/c1-6-11-12-8(13-6)9-4-2-7(9)3-5-10-9/h7,10H,2-5H2,1H3/t7-,9-/m0/s1. The number of rotatable bonds is 1. The number of fused-ring (bicyclic) bond motifs is 1. The van der Waals surface area contributed by atoms with E-state index in [0.29, 0.717) is 5.89 Å². The van der Waals surface area contributed by atoms with Crippen LogP contribution in [0.1, 0.15) is 31.0 Å². The van der Waals surface area contributed by atoms with Crippen LogP contribution >= 0.6 is 0 Å². The summed E-state index contributed by atoms with van der Waals surface area (Å²) in [5, 5.41) is 11.5. The van der Waals surface area contributed by atoms with Gasteiger partial charge in [-0.2, -0.15) is 0 Å². The van der Waals surface area contributed by atoms with Crippen LogP contribution in [0, 0.1) is 12.8 Å². The van der Waals surface area contributed by atoms with Crippen LogP contribution in [-0.2, 0) is 5.54 Å². The molecule has 1 aliphatic carbocycles. The fraction of sp³-hybridized carbons (Fsp3) is 0.778. The van der Waals surface area contributed by atoms with Crippen LogP contribution in [0.2, 0.25) is 0 Å². The molecule has 1 saturated heterocycles. The van der Waals surface area contributed by atoms with Crippen molar-refractivity contribution in [1.82, 2.24) is 15.5 Å². The summed E-state index contributed by atoms with van der Waals surface area (Å²) < 4.78 is 5.51. The molecule has 4 heteroatoms. The molecule has 2 heterocycles. The number of nitrogens with zero attached hydrogens (tertiary/aromatic N) is 2. The highest BCUT2D eigenvalue weighted by molar-refractivity contribution is 5.15. The van der Waals surface area contributed by atoms with Gasteiger partial charge >= 0.3 is 0 Å². The van der Waals surface area contributed by atoms with Gasteiger partial charge in [-0.15, -0.1) is 10.2 Å². The summed E-state index contributed by atoms with van der Waals surface area (Å²) in [7, 11) is 0. The SMILES string of the molecule is Cc1nnc([C@]23CC[C@H]2CCN3)o1. The third-order valence-corrected chi connectivity index (χ3v) is 3.42. The van der Waals surface area contributed by atoms with Gasteiger partial charge in [0.2, 0.25) is 11.8 Å². The molecule has 0 unspecified atom stereocenters. The second-order valence-electron chi connectivity index (χ2n) is 4.05. The average molecular weight is 179 g/mol. The van der Waals surface area contributed by atoms with Crippen molar-refractivity contribution in [3.63, 3.8) is 0 Å². The summed E-state index contributed by atoms with van der Waals surface area (Å²) in [5.74, 6) is 2.20. The minimum Gasteiger partial charge on any atom is -0.424 e. The second kappa shape index (κ2) is 2.32. The minimum absolute atomic E-state index is 0.0568. The molecule has 0 spiro atoms. The van der Waals surface area contributed by atoms with Crippen molar-refractivity contribution in [3.05, 3.63) is 11.8 Å². The monoisotopic (exact) mass is 179 g/mol. The van der Waals surface area contributed by atoms with Gasteiger partial charge in [-0.1, -0.05) is 0 Å². The van der Waals surface area contributed by atoms with Crippen LogP contribution in [0.4, 0.5) is 0 Å². The van der Waals surface area contributed by atoms with Crippen molar-refractivity contribution >= 4 is 0 Å². The number of hydrogen-bond acceptors (Lipinski definition) is 4. The van der Waals surface area contributed by atoms with Crippen molar-refractivity contribution in [2.45, 2.75) is 31.7 Å². The predicted octanol–water partition coefficient (Wildman–Crippen LogP) is 0.977. The zero-order chi connectivity index (χ0) is 8.89. The van der Waals surface area contributed by atoms with Crippen LogP contribution in [0.3, 0.4) is 0 Å². The fourth-order valence-electron chi connectivity index (χ4n) is 2.56. The van der Waals surface area contributed by atoms with E-state index < -0.39 is 0 Å². The molecule has 13 heavy (non-hydrogen) atoms. The normalized spacial score (nSPS) is 37.2. The molecule has 2 fully saturated rings. The van der Waals surface area contributed by atoms with Crippen molar-refractivity contribution in [1.29, 1.82) is 0 Å². The van der Waals surface area contributed by atoms with Gasteiger partial charge < -0.3 is 9.73 Å². The quantitative estimate of drug-likeness (QED) is 0.698. The van der Waals surface area contributed by atoms with E-state index in [1.165, 1.54) is 12.8 Å². The summed E-state index contributed by atoms with van der Waals surface area (Å²) in [6.45, 7) is 2.93.